The summed E-state index contributed by atoms with van der Waals surface area (Å²) in [6.45, 7) is 2.65. The molecule has 1 aliphatic heterocycles. The molecule has 3 aliphatic carbocycles. The molecule has 2 atom stereocenters. The average Bonchev–Trinajstić information content (AvgIpc) is 3.28. The van der Waals surface area contributed by atoms with E-state index in [0.717, 1.165) is 25.3 Å². The molecule has 1 saturated heterocycles. The minimum Gasteiger partial charge on any atom is -0.508 e. The highest BCUT2D eigenvalue weighted by atomic mass is 19.1. The Balaban J connectivity index is 1.39. The van der Waals surface area contributed by atoms with Gasteiger partial charge in [0.1, 0.15) is 23.0 Å². The fourth-order valence-electron chi connectivity index (χ4n) is 5.49. The summed E-state index contributed by atoms with van der Waals surface area (Å²) in [6.07, 6.45) is 3.21. The minimum atomic E-state index is -0.598. The third-order valence-corrected chi connectivity index (χ3v) is 7.01. The molecule has 2 bridgehead atoms. The maximum Gasteiger partial charge on any atom is 0.132 e. The van der Waals surface area contributed by atoms with Gasteiger partial charge in [0.15, 0.2) is 0 Å². The Labute approximate surface area is 145 Å². The number of halogens is 2. The number of hydrogen-bond donors (Lipinski definition) is 1. The van der Waals surface area contributed by atoms with Gasteiger partial charge >= 0.3 is 0 Å². The summed E-state index contributed by atoms with van der Waals surface area (Å²) in [5.41, 5.74) is 1.55. The van der Waals surface area contributed by atoms with Crippen molar-refractivity contribution in [2.75, 3.05) is 6.61 Å². The van der Waals surface area contributed by atoms with E-state index in [1.165, 1.54) is 17.7 Å². The molecule has 4 heteroatoms. The molecule has 2 aromatic carbocycles. The van der Waals surface area contributed by atoms with Crippen molar-refractivity contribution in [1.29, 1.82) is 0 Å². The second kappa shape index (κ2) is 4.61. The second-order valence-electron chi connectivity index (χ2n) is 8.24. The van der Waals surface area contributed by atoms with Crippen LogP contribution in [0.5, 0.6) is 5.75 Å². The van der Waals surface area contributed by atoms with Crippen LogP contribution in [-0.4, -0.2) is 11.7 Å². The van der Waals surface area contributed by atoms with Crippen molar-refractivity contribution in [3.63, 3.8) is 0 Å². The number of epoxide rings is 1. The fourth-order valence-corrected chi connectivity index (χ4v) is 5.49. The van der Waals surface area contributed by atoms with Crippen molar-refractivity contribution in [2.24, 2.45) is 11.3 Å². The molecule has 0 radical (unpaired) electrons. The first-order chi connectivity index (χ1) is 11.9. The lowest BCUT2D eigenvalue weighted by Crippen LogP contribution is -2.68. The quantitative estimate of drug-likeness (QED) is 0.820. The molecule has 130 valence electrons. The van der Waals surface area contributed by atoms with Crippen LogP contribution in [-0.2, 0) is 15.8 Å². The molecule has 0 amide bonds. The van der Waals surface area contributed by atoms with Crippen LogP contribution in [0.1, 0.15) is 37.3 Å². The molecule has 2 nitrogen and oxygen atoms in total. The molecule has 4 aliphatic rings. The first-order valence-corrected chi connectivity index (χ1v) is 8.78. The lowest BCUT2D eigenvalue weighted by atomic mass is 9.30. The fraction of sp³-hybridized carbons (Fsp3) is 0.429. The van der Waals surface area contributed by atoms with Gasteiger partial charge in [0.25, 0.3) is 0 Å². The third kappa shape index (κ3) is 1.92. The predicted octanol–water partition coefficient (Wildman–Crippen LogP) is 4.65. The first-order valence-electron chi connectivity index (χ1n) is 8.78. The number of phenols is 1. The number of rotatable bonds is 4. The average molecular weight is 342 g/mol. The number of phenolic OH excluding ortho intramolecular Hbond substituents is 1. The van der Waals surface area contributed by atoms with Crippen molar-refractivity contribution in [3.8, 4) is 5.75 Å². The van der Waals surface area contributed by atoms with E-state index >= 15 is 0 Å². The van der Waals surface area contributed by atoms with E-state index in [1.54, 1.807) is 12.1 Å². The molecule has 6 rings (SSSR count). The van der Waals surface area contributed by atoms with Crippen LogP contribution in [0.15, 0.2) is 42.5 Å². The maximum absolute atomic E-state index is 14.3. The summed E-state index contributed by atoms with van der Waals surface area (Å²) in [5, 5.41) is 9.47. The Morgan fingerprint density at radius 2 is 1.68 bits per heavy atom. The van der Waals surface area contributed by atoms with Crippen LogP contribution in [0.3, 0.4) is 0 Å². The van der Waals surface area contributed by atoms with Gasteiger partial charge in [0.2, 0.25) is 0 Å². The van der Waals surface area contributed by atoms with Crippen LogP contribution in [0.25, 0.3) is 0 Å². The first kappa shape index (κ1) is 15.3. The largest absolute Gasteiger partial charge is 0.508 e. The SMILES string of the molecule is CC(C12CC(c3ccc(O)cc3)(C1)C2)C1(c2ccc(F)cc2F)CO1. The summed E-state index contributed by atoms with van der Waals surface area (Å²) in [7, 11) is 0. The third-order valence-electron chi connectivity index (χ3n) is 7.01. The standard InChI is InChI=1S/C21H20F2O2/c1-13(21(12-25-21)17-7-4-15(22)8-18(17)23)19-9-20(10-19,11-19)14-2-5-16(24)6-3-14/h2-8,13,24H,9-12H2,1H3. The molecule has 2 aromatic rings. The minimum absolute atomic E-state index is 0.176. The monoisotopic (exact) mass is 342 g/mol. The van der Waals surface area contributed by atoms with Gasteiger partial charge in [-0.15, -0.1) is 0 Å². The molecular weight excluding hydrogens is 322 g/mol. The summed E-state index contributed by atoms with van der Waals surface area (Å²) < 4.78 is 33.3. The number of benzene rings is 2. The Morgan fingerprint density at radius 3 is 2.24 bits per heavy atom. The van der Waals surface area contributed by atoms with Gasteiger partial charge in [-0.25, -0.2) is 8.78 Å². The highest BCUT2D eigenvalue weighted by Crippen LogP contribution is 2.79. The van der Waals surface area contributed by atoms with E-state index in [2.05, 4.69) is 6.92 Å². The van der Waals surface area contributed by atoms with E-state index in [9.17, 15) is 13.9 Å². The molecule has 25 heavy (non-hydrogen) atoms. The molecule has 1 heterocycles. The zero-order valence-electron chi connectivity index (χ0n) is 14.1. The summed E-state index contributed by atoms with van der Waals surface area (Å²) in [5.74, 6) is -0.583. The van der Waals surface area contributed by atoms with Crippen LogP contribution in [0.4, 0.5) is 8.78 Å². The van der Waals surface area contributed by atoms with E-state index < -0.39 is 17.2 Å². The molecule has 1 N–H and O–H groups in total. The van der Waals surface area contributed by atoms with Crippen molar-refractivity contribution in [3.05, 3.63) is 65.2 Å². The number of aromatic hydroxyl groups is 1. The van der Waals surface area contributed by atoms with Gasteiger partial charge in [0.05, 0.1) is 6.61 Å². The summed E-state index contributed by atoms with van der Waals surface area (Å²) in [4.78, 5) is 0. The zero-order chi connectivity index (χ0) is 17.4. The second-order valence-corrected chi connectivity index (χ2v) is 8.24. The highest BCUT2D eigenvalue weighted by molar-refractivity contribution is 5.43. The Kier molecular flexibility index (Phi) is 2.83. The van der Waals surface area contributed by atoms with Crippen molar-refractivity contribution in [1.82, 2.24) is 0 Å². The molecule has 0 spiro atoms. The Bertz CT molecular complexity index is 835. The van der Waals surface area contributed by atoms with Crippen molar-refractivity contribution in [2.45, 2.75) is 37.2 Å². The van der Waals surface area contributed by atoms with Crippen LogP contribution in [0, 0.1) is 23.0 Å². The molecule has 0 aromatic heterocycles. The Hall–Kier alpha value is -1.94. The van der Waals surface area contributed by atoms with Crippen LogP contribution >= 0.6 is 0 Å². The summed E-state index contributed by atoms with van der Waals surface area (Å²) in [6, 6.07) is 11.3. The highest BCUT2D eigenvalue weighted by Gasteiger charge is 2.74. The molecule has 2 unspecified atom stereocenters. The topological polar surface area (TPSA) is 32.8 Å². The van der Waals surface area contributed by atoms with E-state index in [-0.39, 0.29) is 22.5 Å². The molecule has 4 fully saturated rings. The van der Waals surface area contributed by atoms with Crippen LogP contribution < -0.4 is 0 Å². The lowest BCUT2D eigenvalue weighted by molar-refractivity contribution is -0.193. The van der Waals surface area contributed by atoms with Gasteiger partial charge in [-0.1, -0.05) is 25.1 Å². The summed E-state index contributed by atoms with van der Waals surface area (Å²) >= 11 is 0. The maximum atomic E-state index is 14.3. The number of ether oxygens (including phenoxy) is 1. The van der Waals surface area contributed by atoms with Gasteiger partial charge in [-0.2, -0.15) is 0 Å². The normalized spacial score (nSPS) is 36.3. The van der Waals surface area contributed by atoms with E-state index in [4.69, 9.17) is 4.74 Å². The molecular formula is C21H20F2O2. The number of hydrogen-bond acceptors (Lipinski definition) is 2. The van der Waals surface area contributed by atoms with Gasteiger partial charge in [-0.3, -0.25) is 0 Å². The smallest absolute Gasteiger partial charge is 0.132 e. The van der Waals surface area contributed by atoms with Gasteiger partial charge in [0, 0.05) is 11.6 Å². The van der Waals surface area contributed by atoms with Gasteiger partial charge in [-0.05, 0) is 59.8 Å². The van der Waals surface area contributed by atoms with Crippen molar-refractivity contribution < 1.29 is 18.6 Å². The lowest BCUT2D eigenvalue weighted by Gasteiger charge is -2.74. The van der Waals surface area contributed by atoms with Crippen LogP contribution in [0.2, 0.25) is 0 Å². The van der Waals surface area contributed by atoms with Crippen molar-refractivity contribution >= 4 is 0 Å². The predicted molar refractivity (Wildman–Crippen MR) is 89.2 cm³/mol. The Morgan fingerprint density at radius 1 is 1.04 bits per heavy atom. The van der Waals surface area contributed by atoms with Gasteiger partial charge < -0.3 is 9.84 Å². The zero-order valence-corrected chi connectivity index (χ0v) is 14.1. The van der Waals surface area contributed by atoms with E-state index in [0.29, 0.717) is 12.2 Å². The van der Waals surface area contributed by atoms with E-state index in [1.807, 2.05) is 12.1 Å². The molecule has 3 saturated carbocycles.